The van der Waals surface area contributed by atoms with E-state index in [4.69, 9.17) is 16.3 Å². The first-order valence-corrected chi connectivity index (χ1v) is 8.22. The molecular formula is C13H18ClN3OS2. The summed E-state index contributed by atoms with van der Waals surface area (Å²) in [5.41, 5.74) is 0. The van der Waals surface area contributed by atoms with Crippen molar-refractivity contribution in [2.45, 2.75) is 19.5 Å². The molecule has 0 aliphatic carbocycles. The van der Waals surface area contributed by atoms with Crippen molar-refractivity contribution in [3.63, 3.8) is 0 Å². The lowest BCUT2D eigenvalue weighted by molar-refractivity contribution is 0.393. The minimum Gasteiger partial charge on any atom is -0.480 e. The molecule has 2 rings (SSSR count). The Bertz CT molecular complexity index is 568. The quantitative estimate of drug-likeness (QED) is 0.874. The molecule has 7 heteroatoms. The fraction of sp³-hybridized carbons (Fsp3) is 0.462. The van der Waals surface area contributed by atoms with Gasteiger partial charge in [-0.2, -0.15) is 4.98 Å². The Morgan fingerprint density at radius 3 is 2.70 bits per heavy atom. The van der Waals surface area contributed by atoms with Crippen LogP contribution in [0.4, 0.5) is 5.13 Å². The minimum absolute atomic E-state index is 0.252. The zero-order valence-corrected chi connectivity index (χ0v) is 14.3. The first-order chi connectivity index (χ1) is 9.51. The molecule has 0 aliphatic heterocycles. The number of anilines is 1. The number of hydrogen-bond donors (Lipinski definition) is 1. The van der Waals surface area contributed by atoms with Crippen molar-refractivity contribution >= 4 is 39.4 Å². The molecule has 0 saturated heterocycles. The standard InChI is InChI=1S/C13H18ClN3OS2/c1-8(9-5-6-11(14)19-9)15-7-10-12(18-4)16-13(20-10)17(2)3/h5-6,8,15H,7H2,1-4H3. The number of thiazole rings is 1. The van der Waals surface area contributed by atoms with E-state index in [0.717, 1.165) is 20.9 Å². The molecule has 0 saturated carbocycles. The SMILES string of the molecule is COc1nc(N(C)C)sc1CNC(C)c1ccc(Cl)s1. The molecule has 20 heavy (non-hydrogen) atoms. The number of nitrogens with zero attached hydrogens (tertiary/aromatic N) is 2. The average molecular weight is 332 g/mol. The van der Waals surface area contributed by atoms with Gasteiger partial charge in [0.15, 0.2) is 5.13 Å². The van der Waals surface area contributed by atoms with Crippen molar-refractivity contribution in [3.05, 3.63) is 26.2 Å². The van der Waals surface area contributed by atoms with Crippen LogP contribution in [0.2, 0.25) is 4.34 Å². The minimum atomic E-state index is 0.252. The Morgan fingerprint density at radius 1 is 1.40 bits per heavy atom. The van der Waals surface area contributed by atoms with Gasteiger partial charge in [0.05, 0.1) is 16.3 Å². The third-order valence-corrected chi connectivity index (χ3v) is 5.43. The number of hydrogen-bond acceptors (Lipinski definition) is 6. The number of rotatable bonds is 6. The van der Waals surface area contributed by atoms with E-state index in [1.165, 1.54) is 4.88 Å². The molecular weight excluding hydrogens is 314 g/mol. The lowest BCUT2D eigenvalue weighted by Crippen LogP contribution is -2.16. The molecule has 0 aliphatic rings. The van der Waals surface area contributed by atoms with Crippen molar-refractivity contribution < 1.29 is 4.74 Å². The van der Waals surface area contributed by atoms with E-state index in [1.54, 1.807) is 29.8 Å². The molecule has 2 aromatic rings. The molecule has 4 nitrogen and oxygen atoms in total. The van der Waals surface area contributed by atoms with Crippen LogP contribution < -0.4 is 15.0 Å². The van der Waals surface area contributed by atoms with Crippen LogP contribution in [0, 0.1) is 0 Å². The van der Waals surface area contributed by atoms with Crippen LogP contribution in [0.25, 0.3) is 0 Å². The molecule has 1 N–H and O–H groups in total. The highest BCUT2D eigenvalue weighted by atomic mass is 35.5. The third kappa shape index (κ3) is 3.63. The molecule has 0 fully saturated rings. The highest BCUT2D eigenvalue weighted by molar-refractivity contribution is 7.16. The summed E-state index contributed by atoms with van der Waals surface area (Å²) in [6, 6.07) is 4.24. The summed E-state index contributed by atoms with van der Waals surface area (Å²) in [7, 11) is 5.61. The first kappa shape index (κ1) is 15.6. The van der Waals surface area contributed by atoms with Crippen LogP contribution in [0.5, 0.6) is 5.88 Å². The molecule has 0 radical (unpaired) electrons. The Morgan fingerprint density at radius 2 is 2.15 bits per heavy atom. The summed E-state index contributed by atoms with van der Waals surface area (Å²) in [6.45, 7) is 2.86. The fourth-order valence-electron chi connectivity index (χ4n) is 1.70. The topological polar surface area (TPSA) is 37.4 Å². The maximum atomic E-state index is 5.96. The van der Waals surface area contributed by atoms with E-state index in [2.05, 4.69) is 23.3 Å². The third-order valence-electron chi connectivity index (χ3n) is 2.82. The van der Waals surface area contributed by atoms with Crippen LogP contribution in [0.1, 0.15) is 22.7 Å². The molecule has 0 aromatic carbocycles. The van der Waals surface area contributed by atoms with Crippen LogP contribution in [-0.2, 0) is 6.54 Å². The van der Waals surface area contributed by atoms with Crippen molar-refractivity contribution in [1.29, 1.82) is 0 Å². The van der Waals surface area contributed by atoms with Crippen LogP contribution in [-0.4, -0.2) is 26.2 Å². The smallest absolute Gasteiger partial charge is 0.230 e. The van der Waals surface area contributed by atoms with Gasteiger partial charge in [-0.25, -0.2) is 0 Å². The second kappa shape index (κ2) is 6.76. The van der Waals surface area contributed by atoms with E-state index < -0.39 is 0 Å². The van der Waals surface area contributed by atoms with Crippen LogP contribution in [0.3, 0.4) is 0 Å². The number of halogens is 1. The van der Waals surface area contributed by atoms with E-state index in [9.17, 15) is 0 Å². The zero-order valence-electron chi connectivity index (χ0n) is 11.9. The van der Waals surface area contributed by atoms with E-state index in [-0.39, 0.29) is 6.04 Å². The summed E-state index contributed by atoms with van der Waals surface area (Å²) in [5.74, 6) is 0.697. The Hall–Kier alpha value is -0.820. The van der Waals surface area contributed by atoms with Crippen molar-refractivity contribution in [2.24, 2.45) is 0 Å². The molecule has 110 valence electrons. The number of aromatic nitrogens is 1. The molecule has 1 unspecified atom stereocenters. The van der Waals surface area contributed by atoms with Crippen molar-refractivity contribution in [1.82, 2.24) is 10.3 Å². The van der Waals surface area contributed by atoms with Gasteiger partial charge >= 0.3 is 0 Å². The maximum absolute atomic E-state index is 5.96. The second-order valence-corrected chi connectivity index (χ2v) is 7.38. The summed E-state index contributed by atoms with van der Waals surface area (Å²) >= 11 is 9.21. The summed E-state index contributed by atoms with van der Waals surface area (Å²) in [5, 5.41) is 4.43. The van der Waals surface area contributed by atoms with Gasteiger partial charge < -0.3 is 15.0 Å². The maximum Gasteiger partial charge on any atom is 0.230 e. The Kier molecular flexibility index (Phi) is 5.26. The fourth-order valence-corrected chi connectivity index (χ4v) is 3.69. The molecule has 0 spiro atoms. The summed E-state index contributed by atoms with van der Waals surface area (Å²) < 4.78 is 6.15. The van der Waals surface area contributed by atoms with E-state index in [0.29, 0.717) is 5.88 Å². The molecule has 2 aromatic heterocycles. The normalized spacial score (nSPS) is 12.4. The molecule has 0 amide bonds. The van der Waals surface area contributed by atoms with Gasteiger partial charge in [0.2, 0.25) is 5.88 Å². The van der Waals surface area contributed by atoms with Gasteiger partial charge in [0.1, 0.15) is 0 Å². The van der Waals surface area contributed by atoms with Crippen LogP contribution >= 0.6 is 34.3 Å². The zero-order chi connectivity index (χ0) is 14.7. The number of nitrogens with one attached hydrogen (secondary N) is 1. The van der Waals surface area contributed by atoms with Crippen LogP contribution in [0.15, 0.2) is 12.1 Å². The number of thiophene rings is 1. The van der Waals surface area contributed by atoms with Gasteiger partial charge in [-0.3, -0.25) is 0 Å². The van der Waals surface area contributed by atoms with E-state index >= 15 is 0 Å². The van der Waals surface area contributed by atoms with Gasteiger partial charge in [-0.1, -0.05) is 22.9 Å². The predicted octanol–water partition coefficient (Wildman–Crippen LogP) is 3.78. The monoisotopic (exact) mass is 331 g/mol. The average Bonchev–Trinajstić information content (AvgIpc) is 3.01. The second-order valence-electron chi connectivity index (χ2n) is 4.57. The van der Waals surface area contributed by atoms with Gasteiger partial charge in [0, 0.05) is 31.6 Å². The lowest BCUT2D eigenvalue weighted by Gasteiger charge is -2.11. The highest BCUT2D eigenvalue weighted by Crippen LogP contribution is 2.31. The largest absolute Gasteiger partial charge is 0.480 e. The predicted molar refractivity (Wildman–Crippen MR) is 87.6 cm³/mol. The first-order valence-electron chi connectivity index (χ1n) is 6.21. The van der Waals surface area contributed by atoms with Gasteiger partial charge in [-0.05, 0) is 19.1 Å². The summed E-state index contributed by atoms with van der Waals surface area (Å²) in [6.07, 6.45) is 0. The summed E-state index contributed by atoms with van der Waals surface area (Å²) in [4.78, 5) is 8.76. The molecule has 1 atom stereocenters. The van der Waals surface area contributed by atoms with Crippen molar-refractivity contribution in [2.75, 3.05) is 26.1 Å². The molecule has 2 heterocycles. The van der Waals surface area contributed by atoms with Gasteiger partial charge in [0.25, 0.3) is 0 Å². The number of ether oxygens (including phenoxy) is 1. The highest BCUT2D eigenvalue weighted by Gasteiger charge is 2.15. The van der Waals surface area contributed by atoms with Gasteiger partial charge in [-0.15, -0.1) is 11.3 Å². The Labute approximate surface area is 132 Å². The Balaban J connectivity index is 2.03. The van der Waals surface area contributed by atoms with E-state index in [1.807, 2.05) is 25.1 Å². The lowest BCUT2D eigenvalue weighted by atomic mass is 10.3. The molecule has 0 bridgehead atoms. The van der Waals surface area contributed by atoms with Crippen molar-refractivity contribution in [3.8, 4) is 5.88 Å². The number of methoxy groups -OCH3 is 1.